The van der Waals surface area contributed by atoms with Gasteiger partial charge in [-0.1, -0.05) is 24.3 Å². The van der Waals surface area contributed by atoms with Gasteiger partial charge in [0.2, 0.25) is 0 Å². The van der Waals surface area contributed by atoms with E-state index >= 15 is 0 Å². The second kappa shape index (κ2) is 7.91. The predicted octanol–water partition coefficient (Wildman–Crippen LogP) is 2.71. The molecule has 0 atom stereocenters. The molecule has 0 aliphatic rings. The Morgan fingerprint density at radius 2 is 1.88 bits per heavy atom. The lowest BCUT2D eigenvalue weighted by Gasteiger charge is -2.10. The van der Waals surface area contributed by atoms with Crippen LogP contribution >= 0.6 is 0 Å². The molecule has 2 rings (SSSR count). The van der Waals surface area contributed by atoms with Crippen LogP contribution in [0.15, 0.2) is 42.5 Å². The Morgan fingerprint density at radius 1 is 1.16 bits per heavy atom. The van der Waals surface area contributed by atoms with Crippen LogP contribution in [0.1, 0.15) is 15.9 Å². The molecule has 1 amide bonds. The van der Waals surface area contributed by atoms with Crippen molar-refractivity contribution in [3.8, 4) is 5.75 Å². The summed E-state index contributed by atoms with van der Waals surface area (Å²) in [6.07, 6.45) is 0. The lowest BCUT2D eigenvalue weighted by molar-refractivity contribution is -0.385. The van der Waals surface area contributed by atoms with Crippen LogP contribution in [0.5, 0.6) is 5.75 Å². The number of para-hydroxylation sites is 3. The first kappa shape index (κ1) is 17.9. The molecule has 2 aromatic rings. The number of hydrogen-bond acceptors (Lipinski definition) is 6. The fourth-order valence-electron chi connectivity index (χ4n) is 2.21. The number of methoxy groups -OCH3 is 1. The minimum atomic E-state index is -0.939. The fraction of sp³-hybridized carbons (Fsp3) is 0.176. The minimum Gasteiger partial charge on any atom is -0.495 e. The molecule has 0 aromatic heterocycles. The highest BCUT2D eigenvalue weighted by Gasteiger charge is 2.24. The Kier molecular flexibility index (Phi) is 5.67. The molecular weight excluding hydrogens is 328 g/mol. The number of nitro benzene ring substituents is 1. The lowest BCUT2D eigenvalue weighted by Crippen LogP contribution is -2.21. The van der Waals surface area contributed by atoms with Crippen LogP contribution < -0.4 is 10.1 Å². The van der Waals surface area contributed by atoms with Crippen LogP contribution in [0.25, 0.3) is 0 Å². The summed E-state index contributed by atoms with van der Waals surface area (Å²) in [5.74, 6) is -1.07. The molecule has 0 aliphatic heterocycles. The van der Waals surface area contributed by atoms with Gasteiger partial charge in [0, 0.05) is 5.56 Å². The average Bonchev–Trinajstić information content (AvgIpc) is 2.59. The molecule has 0 saturated carbocycles. The van der Waals surface area contributed by atoms with E-state index in [1.54, 1.807) is 24.3 Å². The Morgan fingerprint density at radius 3 is 2.56 bits per heavy atom. The van der Waals surface area contributed by atoms with Crippen molar-refractivity contribution < 1.29 is 24.0 Å². The fourth-order valence-corrected chi connectivity index (χ4v) is 2.21. The molecule has 8 nitrogen and oxygen atoms in total. The number of ether oxygens (including phenoxy) is 2. The molecule has 0 fully saturated rings. The standard InChI is InChI=1S/C17H16N2O6/c1-11-6-5-7-12(16(11)19(22)23)17(21)25-10-15(20)18-13-8-3-4-9-14(13)24-2/h3-9H,10H2,1-2H3,(H,18,20). The molecule has 0 bridgehead atoms. The van der Waals surface area contributed by atoms with E-state index in [1.807, 2.05) is 0 Å². The third-order valence-electron chi connectivity index (χ3n) is 3.36. The molecular formula is C17H16N2O6. The number of carbonyl (C=O) groups excluding carboxylic acids is 2. The number of benzene rings is 2. The summed E-state index contributed by atoms with van der Waals surface area (Å²) < 4.78 is 9.98. The zero-order valence-electron chi connectivity index (χ0n) is 13.6. The minimum absolute atomic E-state index is 0.199. The molecule has 0 heterocycles. The Balaban J connectivity index is 2.04. The van der Waals surface area contributed by atoms with Crippen LogP contribution in [-0.4, -0.2) is 30.5 Å². The van der Waals surface area contributed by atoms with Gasteiger partial charge in [-0.3, -0.25) is 14.9 Å². The van der Waals surface area contributed by atoms with Crippen molar-refractivity contribution in [3.05, 3.63) is 63.7 Å². The van der Waals surface area contributed by atoms with Gasteiger partial charge in [0.25, 0.3) is 11.6 Å². The molecule has 130 valence electrons. The van der Waals surface area contributed by atoms with Gasteiger partial charge in [0.05, 0.1) is 17.7 Å². The molecule has 0 unspecified atom stereocenters. The Labute approximate surface area is 143 Å². The van der Waals surface area contributed by atoms with Gasteiger partial charge in [-0.2, -0.15) is 0 Å². The average molecular weight is 344 g/mol. The van der Waals surface area contributed by atoms with Crippen molar-refractivity contribution >= 4 is 23.3 Å². The SMILES string of the molecule is COc1ccccc1NC(=O)COC(=O)c1cccc(C)c1[N+](=O)[O-]. The first-order valence-corrected chi connectivity index (χ1v) is 7.28. The van der Waals surface area contributed by atoms with E-state index in [4.69, 9.17) is 9.47 Å². The van der Waals surface area contributed by atoms with E-state index in [9.17, 15) is 19.7 Å². The number of esters is 1. The summed E-state index contributed by atoms with van der Waals surface area (Å²) in [6, 6.07) is 11.1. The van der Waals surface area contributed by atoms with Crippen molar-refractivity contribution in [1.82, 2.24) is 0 Å². The summed E-state index contributed by atoms with van der Waals surface area (Å²) in [4.78, 5) is 34.4. The number of nitrogens with zero attached hydrogens (tertiary/aromatic N) is 1. The van der Waals surface area contributed by atoms with Gasteiger partial charge < -0.3 is 14.8 Å². The number of hydrogen-bond donors (Lipinski definition) is 1. The predicted molar refractivity (Wildman–Crippen MR) is 89.7 cm³/mol. The monoisotopic (exact) mass is 344 g/mol. The van der Waals surface area contributed by atoms with E-state index in [0.717, 1.165) is 0 Å². The highest BCUT2D eigenvalue weighted by molar-refractivity contribution is 5.98. The van der Waals surface area contributed by atoms with E-state index < -0.39 is 23.4 Å². The second-order valence-corrected chi connectivity index (χ2v) is 5.05. The molecule has 8 heteroatoms. The zero-order chi connectivity index (χ0) is 18.4. The molecule has 0 radical (unpaired) electrons. The van der Waals surface area contributed by atoms with Crippen LogP contribution in [0.2, 0.25) is 0 Å². The van der Waals surface area contributed by atoms with Gasteiger partial charge in [-0.05, 0) is 25.1 Å². The summed E-state index contributed by atoms with van der Waals surface area (Å²) >= 11 is 0. The quantitative estimate of drug-likeness (QED) is 0.490. The molecule has 25 heavy (non-hydrogen) atoms. The maximum atomic E-state index is 12.1. The molecule has 2 aromatic carbocycles. The van der Waals surface area contributed by atoms with Crippen molar-refractivity contribution in [2.75, 3.05) is 19.0 Å². The van der Waals surface area contributed by atoms with Crippen LogP contribution in [0.4, 0.5) is 11.4 Å². The number of nitro groups is 1. The highest BCUT2D eigenvalue weighted by Crippen LogP contribution is 2.24. The zero-order valence-corrected chi connectivity index (χ0v) is 13.6. The topological polar surface area (TPSA) is 108 Å². The van der Waals surface area contributed by atoms with Crippen molar-refractivity contribution in [1.29, 1.82) is 0 Å². The van der Waals surface area contributed by atoms with E-state index in [-0.39, 0.29) is 11.3 Å². The Hall–Kier alpha value is -3.42. The van der Waals surface area contributed by atoms with Gasteiger partial charge in [-0.25, -0.2) is 4.79 Å². The number of rotatable bonds is 6. The van der Waals surface area contributed by atoms with Gasteiger partial charge in [0.15, 0.2) is 6.61 Å². The molecule has 0 aliphatic carbocycles. The largest absolute Gasteiger partial charge is 0.495 e. The molecule has 0 spiro atoms. The smallest absolute Gasteiger partial charge is 0.345 e. The van der Waals surface area contributed by atoms with Crippen LogP contribution in [0.3, 0.4) is 0 Å². The number of amides is 1. The molecule has 0 saturated heterocycles. The van der Waals surface area contributed by atoms with E-state index in [0.29, 0.717) is 17.0 Å². The summed E-state index contributed by atoms with van der Waals surface area (Å²) in [6.45, 7) is 0.936. The summed E-state index contributed by atoms with van der Waals surface area (Å²) in [5, 5.41) is 13.6. The summed E-state index contributed by atoms with van der Waals surface area (Å²) in [5.41, 5.74) is 0.221. The van der Waals surface area contributed by atoms with Crippen molar-refractivity contribution in [2.24, 2.45) is 0 Å². The van der Waals surface area contributed by atoms with Crippen LogP contribution in [0, 0.1) is 17.0 Å². The number of aryl methyl sites for hydroxylation is 1. The van der Waals surface area contributed by atoms with E-state index in [2.05, 4.69) is 5.32 Å². The number of anilines is 1. The first-order chi connectivity index (χ1) is 11.9. The maximum Gasteiger partial charge on any atom is 0.345 e. The maximum absolute atomic E-state index is 12.1. The summed E-state index contributed by atoms with van der Waals surface area (Å²) in [7, 11) is 1.46. The third kappa shape index (κ3) is 4.31. The first-order valence-electron chi connectivity index (χ1n) is 7.28. The number of nitrogens with one attached hydrogen (secondary N) is 1. The van der Waals surface area contributed by atoms with Crippen molar-refractivity contribution in [3.63, 3.8) is 0 Å². The number of carbonyl (C=O) groups is 2. The second-order valence-electron chi connectivity index (χ2n) is 5.05. The van der Waals surface area contributed by atoms with E-state index in [1.165, 1.54) is 32.2 Å². The lowest BCUT2D eigenvalue weighted by atomic mass is 10.1. The molecule has 1 N–H and O–H groups in total. The Bertz CT molecular complexity index is 819. The van der Waals surface area contributed by atoms with Crippen LogP contribution in [-0.2, 0) is 9.53 Å². The van der Waals surface area contributed by atoms with Gasteiger partial charge >= 0.3 is 5.97 Å². The highest BCUT2D eigenvalue weighted by atomic mass is 16.6. The third-order valence-corrected chi connectivity index (χ3v) is 3.36. The normalized spacial score (nSPS) is 10.0. The van der Waals surface area contributed by atoms with Gasteiger partial charge in [-0.15, -0.1) is 0 Å². The van der Waals surface area contributed by atoms with Crippen molar-refractivity contribution in [2.45, 2.75) is 6.92 Å². The van der Waals surface area contributed by atoms with Gasteiger partial charge in [0.1, 0.15) is 11.3 Å².